The molecule has 2 rings (SSSR count). The van der Waals surface area contributed by atoms with Gasteiger partial charge in [0.1, 0.15) is 6.10 Å². The van der Waals surface area contributed by atoms with Crippen LogP contribution in [0.2, 0.25) is 5.02 Å². The van der Waals surface area contributed by atoms with Crippen LogP contribution in [0.1, 0.15) is 49.0 Å². The Morgan fingerprint density at radius 3 is 2.21 bits per heavy atom. The first-order valence-electron chi connectivity index (χ1n) is 6.65. The van der Waals surface area contributed by atoms with Crippen LogP contribution in [0.4, 0.5) is 0 Å². The molecule has 0 aliphatic rings. The molecule has 0 heterocycles. The van der Waals surface area contributed by atoms with Crippen LogP contribution in [0.15, 0.2) is 48.5 Å². The summed E-state index contributed by atoms with van der Waals surface area (Å²) in [6.07, 6.45) is 0.501. The Kier molecular flexibility index (Phi) is 4.62. The molecule has 1 N–H and O–H groups in total. The van der Waals surface area contributed by atoms with Gasteiger partial charge in [-0.05, 0) is 41.2 Å². The highest BCUT2D eigenvalue weighted by molar-refractivity contribution is 6.30. The van der Waals surface area contributed by atoms with Crippen LogP contribution < -0.4 is 0 Å². The predicted octanol–water partition coefficient (Wildman–Crippen LogP) is 4.94. The van der Waals surface area contributed by atoms with E-state index >= 15 is 0 Å². The molecule has 2 atom stereocenters. The van der Waals surface area contributed by atoms with Crippen molar-refractivity contribution in [3.05, 3.63) is 70.2 Å². The van der Waals surface area contributed by atoms with E-state index in [9.17, 15) is 5.11 Å². The van der Waals surface area contributed by atoms with Crippen molar-refractivity contribution in [2.75, 3.05) is 0 Å². The van der Waals surface area contributed by atoms with Crippen molar-refractivity contribution < 1.29 is 5.11 Å². The van der Waals surface area contributed by atoms with Gasteiger partial charge in [-0.2, -0.15) is 0 Å². The fourth-order valence-electron chi connectivity index (χ4n) is 2.11. The lowest BCUT2D eigenvalue weighted by Crippen LogP contribution is -2.00. The molecule has 2 aromatic rings. The van der Waals surface area contributed by atoms with Gasteiger partial charge in [0.25, 0.3) is 0 Å². The molecule has 0 spiro atoms. The van der Waals surface area contributed by atoms with Gasteiger partial charge in [0.2, 0.25) is 0 Å². The molecule has 100 valence electrons. The third kappa shape index (κ3) is 3.37. The monoisotopic (exact) mass is 274 g/mol. The quantitative estimate of drug-likeness (QED) is 0.838. The number of hydrogen-bond acceptors (Lipinski definition) is 1. The highest BCUT2D eigenvalue weighted by Crippen LogP contribution is 2.26. The molecule has 19 heavy (non-hydrogen) atoms. The second kappa shape index (κ2) is 6.23. The number of rotatable bonds is 4. The summed E-state index contributed by atoms with van der Waals surface area (Å²) in [4.78, 5) is 0. The lowest BCUT2D eigenvalue weighted by Gasteiger charge is -2.14. The normalized spacial score (nSPS) is 14.1. The number of halogens is 1. The van der Waals surface area contributed by atoms with Crippen molar-refractivity contribution in [3.8, 4) is 0 Å². The van der Waals surface area contributed by atoms with Gasteiger partial charge < -0.3 is 5.11 Å². The zero-order chi connectivity index (χ0) is 13.8. The summed E-state index contributed by atoms with van der Waals surface area (Å²) < 4.78 is 0. The Morgan fingerprint density at radius 2 is 1.63 bits per heavy atom. The smallest absolute Gasteiger partial charge is 0.104 e. The Hall–Kier alpha value is -1.31. The molecule has 0 aromatic heterocycles. The summed E-state index contributed by atoms with van der Waals surface area (Å²) in [5.41, 5.74) is 3.03. The standard InChI is InChI=1S/C17H19ClO/c1-3-12(2)13-7-9-14(10-8-13)17(19)15-5-4-6-16(18)11-15/h4-12,17,19H,3H2,1-2H3. The van der Waals surface area contributed by atoms with Crippen LogP contribution >= 0.6 is 11.6 Å². The molecule has 0 aliphatic carbocycles. The first-order chi connectivity index (χ1) is 9.11. The Morgan fingerprint density at radius 1 is 1.00 bits per heavy atom. The summed E-state index contributed by atoms with van der Waals surface area (Å²) in [5.74, 6) is 0.553. The van der Waals surface area contributed by atoms with E-state index in [-0.39, 0.29) is 0 Å². The SMILES string of the molecule is CCC(C)c1ccc(C(O)c2cccc(Cl)c2)cc1. The van der Waals surface area contributed by atoms with Crippen molar-refractivity contribution in [2.45, 2.75) is 32.3 Å². The van der Waals surface area contributed by atoms with E-state index < -0.39 is 6.10 Å². The highest BCUT2D eigenvalue weighted by Gasteiger charge is 2.11. The van der Waals surface area contributed by atoms with Crippen molar-refractivity contribution in [3.63, 3.8) is 0 Å². The zero-order valence-corrected chi connectivity index (χ0v) is 12.1. The van der Waals surface area contributed by atoms with Crippen molar-refractivity contribution in [2.24, 2.45) is 0 Å². The molecule has 1 nitrogen and oxygen atoms in total. The van der Waals surface area contributed by atoms with Crippen LogP contribution in [0.5, 0.6) is 0 Å². The second-order valence-corrected chi connectivity index (χ2v) is 5.37. The molecule has 0 saturated carbocycles. The largest absolute Gasteiger partial charge is 0.384 e. The maximum atomic E-state index is 10.3. The van der Waals surface area contributed by atoms with E-state index in [1.165, 1.54) is 5.56 Å². The lowest BCUT2D eigenvalue weighted by molar-refractivity contribution is 0.220. The number of benzene rings is 2. The van der Waals surface area contributed by atoms with Crippen molar-refractivity contribution in [1.82, 2.24) is 0 Å². The lowest BCUT2D eigenvalue weighted by atomic mass is 9.95. The molecular weight excluding hydrogens is 256 g/mol. The van der Waals surface area contributed by atoms with Gasteiger partial charge in [-0.15, -0.1) is 0 Å². The van der Waals surface area contributed by atoms with Gasteiger partial charge >= 0.3 is 0 Å². The van der Waals surface area contributed by atoms with Crippen molar-refractivity contribution in [1.29, 1.82) is 0 Å². The first-order valence-corrected chi connectivity index (χ1v) is 7.03. The average Bonchev–Trinajstić information content (AvgIpc) is 2.46. The van der Waals surface area contributed by atoms with Gasteiger partial charge in [0.05, 0.1) is 0 Å². The van der Waals surface area contributed by atoms with E-state index in [2.05, 4.69) is 26.0 Å². The molecule has 2 aromatic carbocycles. The third-order valence-corrected chi connectivity index (χ3v) is 3.83. The minimum atomic E-state index is -0.621. The Balaban J connectivity index is 2.22. The maximum Gasteiger partial charge on any atom is 0.104 e. The van der Waals surface area contributed by atoms with E-state index in [0.717, 1.165) is 17.5 Å². The highest BCUT2D eigenvalue weighted by atomic mass is 35.5. The van der Waals surface area contributed by atoms with Gasteiger partial charge in [-0.3, -0.25) is 0 Å². The molecule has 0 aliphatic heterocycles. The van der Waals surface area contributed by atoms with E-state index in [4.69, 9.17) is 11.6 Å². The van der Waals surface area contributed by atoms with E-state index in [1.54, 1.807) is 6.07 Å². The molecule has 0 amide bonds. The molecule has 2 unspecified atom stereocenters. The fraction of sp³-hybridized carbons (Fsp3) is 0.294. The van der Waals surface area contributed by atoms with Crippen LogP contribution in [0, 0.1) is 0 Å². The summed E-state index contributed by atoms with van der Waals surface area (Å²) in [6, 6.07) is 15.5. The van der Waals surface area contributed by atoms with Crippen LogP contribution in [0.25, 0.3) is 0 Å². The molecule has 0 fully saturated rings. The van der Waals surface area contributed by atoms with E-state index in [0.29, 0.717) is 10.9 Å². The van der Waals surface area contributed by atoms with E-state index in [1.807, 2.05) is 30.3 Å². The molecular formula is C17H19ClO. The van der Waals surface area contributed by atoms with Crippen LogP contribution in [0.3, 0.4) is 0 Å². The summed E-state index contributed by atoms with van der Waals surface area (Å²) in [6.45, 7) is 4.39. The van der Waals surface area contributed by atoms with Crippen molar-refractivity contribution >= 4 is 11.6 Å². The zero-order valence-electron chi connectivity index (χ0n) is 11.3. The average molecular weight is 275 g/mol. The molecule has 0 saturated heterocycles. The van der Waals surface area contributed by atoms with Gasteiger partial charge in [0, 0.05) is 5.02 Å². The Bertz CT molecular complexity index is 533. The minimum absolute atomic E-state index is 0.553. The fourth-order valence-corrected chi connectivity index (χ4v) is 2.31. The summed E-state index contributed by atoms with van der Waals surface area (Å²) in [5, 5.41) is 11.0. The number of hydrogen-bond donors (Lipinski definition) is 1. The third-order valence-electron chi connectivity index (χ3n) is 3.60. The maximum absolute atomic E-state index is 10.3. The predicted molar refractivity (Wildman–Crippen MR) is 80.7 cm³/mol. The van der Waals surface area contributed by atoms with Gasteiger partial charge in [-0.1, -0.05) is 61.8 Å². The van der Waals surface area contributed by atoms with Crippen LogP contribution in [-0.2, 0) is 0 Å². The molecule has 2 heteroatoms. The first kappa shape index (κ1) is 14.1. The van der Waals surface area contributed by atoms with Gasteiger partial charge in [-0.25, -0.2) is 0 Å². The van der Waals surface area contributed by atoms with Gasteiger partial charge in [0.15, 0.2) is 0 Å². The summed E-state index contributed by atoms with van der Waals surface area (Å²) >= 11 is 5.95. The summed E-state index contributed by atoms with van der Waals surface area (Å²) in [7, 11) is 0. The molecule has 0 bridgehead atoms. The number of aliphatic hydroxyl groups excluding tert-OH is 1. The molecule has 0 radical (unpaired) electrons. The minimum Gasteiger partial charge on any atom is -0.384 e. The number of aliphatic hydroxyl groups is 1. The Labute approximate surface area is 119 Å². The second-order valence-electron chi connectivity index (χ2n) is 4.93. The topological polar surface area (TPSA) is 20.2 Å². The van der Waals surface area contributed by atoms with Crippen LogP contribution in [-0.4, -0.2) is 5.11 Å².